The predicted octanol–water partition coefficient (Wildman–Crippen LogP) is 2.52. The Balaban J connectivity index is 4.17. The minimum Gasteiger partial charge on any atom is -0.316 e. The molecule has 2 heteroatoms. The fourth-order valence-corrected chi connectivity index (χ4v) is 1.69. The zero-order valence-corrected chi connectivity index (χ0v) is 11.1. The Kier molecular flexibility index (Phi) is 6.86. The van der Waals surface area contributed by atoms with Gasteiger partial charge in [-0.15, -0.1) is 6.58 Å². The Hall–Kier alpha value is -0.340. The van der Waals surface area contributed by atoms with Crippen LogP contribution in [-0.4, -0.2) is 37.1 Å². The highest BCUT2D eigenvalue weighted by molar-refractivity contribution is 4.82. The molecule has 0 heterocycles. The number of rotatable bonds is 8. The fourth-order valence-electron chi connectivity index (χ4n) is 1.69. The van der Waals surface area contributed by atoms with Crippen molar-refractivity contribution < 1.29 is 0 Å². The van der Waals surface area contributed by atoms with Gasteiger partial charge in [-0.3, -0.25) is 4.90 Å². The number of nitrogens with one attached hydrogen (secondary N) is 1. The first-order valence-corrected chi connectivity index (χ1v) is 5.98. The van der Waals surface area contributed by atoms with E-state index in [1.165, 1.54) is 0 Å². The third kappa shape index (κ3) is 6.69. The molecule has 15 heavy (non-hydrogen) atoms. The van der Waals surface area contributed by atoms with Gasteiger partial charge >= 0.3 is 0 Å². The molecule has 0 aromatic heterocycles. The van der Waals surface area contributed by atoms with Crippen molar-refractivity contribution in [2.45, 2.75) is 40.7 Å². The van der Waals surface area contributed by atoms with Gasteiger partial charge in [0.2, 0.25) is 0 Å². The Labute approximate surface area is 95.7 Å². The molecule has 0 unspecified atom stereocenters. The normalized spacial score (nSPS) is 12.5. The number of nitrogens with zero attached hydrogens (tertiary/aromatic N) is 1. The summed E-state index contributed by atoms with van der Waals surface area (Å²) in [5, 5.41) is 3.42. The second kappa shape index (κ2) is 7.02. The average molecular weight is 212 g/mol. The third-order valence-electron chi connectivity index (χ3n) is 2.58. The lowest BCUT2D eigenvalue weighted by atomic mass is 9.92. The van der Waals surface area contributed by atoms with Gasteiger partial charge in [-0.2, -0.15) is 0 Å². The van der Waals surface area contributed by atoms with Crippen molar-refractivity contribution in [2.24, 2.45) is 5.41 Å². The maximum atomic E-state index is 3.82. The summed E-state index contributed by atoms with van der Waals surface area (Å²) in [5.41, 5.74) is 0.323. The maximum Gasteiger partial charge on any atom is 0.0163 e. The summed E-state index contributed by atoms with van der Waals surface area (Å²) in [6.45, 7) is 19.3. The van der Waals surface area contributed by atoms with Crippen LogP contribution < -0.4 is 5.32 Å². The summed E-state index contributed by atoms with van der Waals surface area (Å²) in [7, 11) is 0. The van der Waals surface area contributed by atoms with Crippen LogP contribution in [-0.2, 0) is 0 Å². The van der Waals surface area contributed by atoms with Gasteiger partial charge < -0.3 is 5.32 Å². The van der Waals surface area contributed by atoms with Crippen molar-refractivity contribution in [3.8, 4) is 0 Å². The molecule has 1 N–H and O–H groups in total. The molecule has 0 saturated carbocycles. The van der Waals surface area contributed by atoms with Gasteiger partial charge in [0.25, 0.3) is 0 Å². The Bertz CT molecular complexity index is 173. The number of hydrogen-bond donors (Lipinski definition) is 1. The van der Waals surface area contributed by atoms with E-state index >= 15 is 0 Å². The minimum absolute atomic E-state index is 0.323. The lowest BCUT2D eigenvalue weighted by Crippen LogP contribution is -2.43. The smallest absolute Gasteiger partial charge is 0.0163 e. The van der Waals surface area contributed by atoms with E-state index in [0.717, 1.165) is 26.2 Å². The van der Waals surface area contributed by atoms with Crippen molar-refractivity contribution in [1.29, 1.82) is 0 Å². The van der Waals surface area contributed by atoms with Crippen molar-refractivity contribution in [3.63, 3.8) is 0 Å². The topological polar surface area (TPSA) is 15.3 Å². The van der Waals surface area contributed by atoms with Gasteiger partial charge in [-0.25, -0.2) is 0 Å². The average Bonchev–Trinajstić information content (AvgIpc) is 2.14. The predicted molar refractivity (Wildman–Crippen MR) is 69.2 cm³/mol. The fraction of sp³-hybridized carbons (Fsp3) is 0.846. The molecule has 0 atom stereocenters. The highest BCUT2D eigenvalue weighted by atomic mass is 15.1. The third-order valence-corrected chi connectivity index (χ3v) is 2.58. The zero-order chi connectivity index (χ0) is 11.9. The molecular weight excluding hydrogens is 184 g/mol. The molecule has 0 rings (SSSR count). The molecule has 0 bridgehead atoms. The Morgan fingerprint density at radius 3 is 2.40 bits per heavy atom. The SMILES string of the molecule is C=CCN(CC(C)(C)CNCC)C(C)C. The quantitative estimate of drug-likeness (QED) is 0.622. The molecule has 0 aliphatic carbocycles. The molecule has 0 aliphatic heterocycles. The van der Waals surface area contributed by atoms with Gasteiger partial charge in [0.1, 0.15) is 0 Å². The minimum atomic E-state index is 0.323. The zero-order valence-electron chi connectivity index (χ0n) is 11.1. The van der Waals surface area contributed by atoms with Crippen LogP contribution in [0.2, 0.25) is 0 Å². The van der Waals surface area contributed by atoms with Gasteiger partial charge in [-0.1, -0.05) is 26.8 Å². The molecule has 0 spiro atoms. The molecule has 0 fully saturated rings. The van der Waals surface area contributed by atoms with Crippen LogP contribution >= 0.6 is 0 Å². The van der Waals surface area contributed by atoms with Crippen LogP contribution in [0.4, 0.5) is 0 Å². The Morgan fingerprint density at radius 1 is 1.40 bits per heavy atom. The molecule has 0 aliphatic rings. The summed E-state index contributed by atoms with van der Waals surface area (Å²) >= 11 is 0. The molecule has 90 valence electrons. The van der Waals surface area contributed by atoms with Crippen LogP contribution in [0, 0.1) is 5.41 Å². The molecule has 0 aromatic carbocycles. The van der Waals surface area contributed by atoms with Crippen LogP contribution in [0.3, 0.4) is 0 Å². The first-order chi connectivity index (χ1) is 6.93. The summed E-state index contributed by atoms with van der Waals surface area (Å²) in [6.07, 6.45) is 1.99. The number of hydrogen-bond acceptors (Lipinski definition) is 2. The summed E-state index contributed by atoms with van der Waals surface area (Å²) in [4.78, 5) is 2.46. The largest absolute Gasteiger partial charge is 0.316 e. The molecule has 0 aromatic rings. The monoisotopic (exact) mass is 212 g/mol. The van der Waals surface area contributed by atoms with Gasteiger partial charge in [-0.05, 0) is 25.8 Å². The Morgan fingerprint density at radius 2 is 2.00 bits per heavy atom. The van der Waals surface area contributed by atoms with Gasteiger partial charge in [0.15, 0.2) is 0 Å². The summed E-state index contributed by atoms with van der Waals surface area (Å²) in [6, 6.07) is 0.587. The van der Waals surface area contributed by atoms with Crippen LogP contribution in [0.25, 0.3) is 0 Å². The molecule has 0 saturated heterocycles. The van der Waals surface area contributed by atoms with Crippen molar-refractivity contribution >= 4 is 0 Å². The molecule has 2 nitrogen and oxygen atoms in total. The van der Waals surface area contributed by atoms with E-state index in [1.807, 2.05) is 6.08 Å². The van der Waals surface area contributed by atoms with E-state index in [9.17, 15) is 0 Å². The molecular formula is C13H28N2. The lowest BCUT2D eigenvalue weighted by molar-refractivity contribution is 0.157. The highest BCUT2D eigenvalue weighted by Crippen LogP contribution is 2.17. The van der Waals surface area contributed by atoms with Crippen molar-refractivity contribution in [3.05, 3.63) is 12.7 Å². The van der Waals surface area contributed by atoms with Crippen LogP contribution in [0.1, 0.15) is 34.6 Å². The second-order valence-electron chi connectivity index (χ2n) is 5.26. The molecule has 0 radical (unpaired) electrons. The maximum absolute atomic E-state index is 3.82. The van der Waals surface area contributed by atoms with E-state index in [-0.39, 0.29) is 0 Å². The van der Waals surface area contributed by atoms with E-state index < -0.39 is 0 Å². The van der Waals surface area contributed by atoms with Crippen molar-refractivity contribution in [1.82, 2.24) is 10.2 Å². The highest BCUT2D eigenvalue weighted by Gasteiger charge is 2.22. The van der Waals surface area contributed by atoms with E-state index in [0.29, 0.717) is 11.5 Å². The van der Waals surface area contributed by atoms with E-state index in [4.69, 9.17) is 0 Å². The van der Waals surface area contributed by atoms with Crippen LogP contribution in [0.15, 0.2) is 12.7 Å². The van der Waals surface area contributed by atoms with Gasteiger partial charge in [0.05, 0.1) is 0 Å². The molecule has 0 amide bonds. The first kappa shape index (κ1) is 14.7. The van der Waals surface area contributed by atoms with Crippen LogP contribution in [0.5, 0.6) is 0 Å². The summed E-state index contributed by atoms with van der Waals surface area (Å²) in [5.74, 6) is 0. The first-order valence-electron chi connectivity index (χ1n) is 5.98. The van der Waals surface area contributed by atoms with E-state index in [1.54, 1.807) is 0 Å². The summed E-state index contributed by atoms with van der Waals surface area (Å²) < 4.78 is 0. The standard InChI is InChI=1S/C13H28N2/c1-7-9-15(12(3)4)11-13(5,6)10-14-8-2/h7,12,14H,1,8-11H2,2-6H3. The van der Waals surface area contributed by atoms with E-state index in [2.05, 4.69) is 51.4 Å². The second-order valence-corrected chi connectivity index (χ2v) is 5.26. The lowest BCUT2D eigenvalue weighted by Gasteiger charge is -2.34. The van der Waals surface area contributed by atoms with Crippen molar-refractivity contribution in [2.75, 3.05) is 26.2 Å². The van der Waals surface area contributed by atoms with Gasteiger partial charge in [0, 0.05) is 25.7 Å².